The lowest BCUT2D eigenvalue weighted by atomic mass is 10.0. The van der Waals surface area contributed by atoms with Gasteiger partial charge in [-0.1, -0.05) is 242 Å². The first-order valence-electron chi connectivity index (χ1n) is 30.8. The Hall–Kier alpha value is -2.75. The van der Waals surface area contributed by atoms with Crippen LogP contribution in [0.3, 0.4) is 0 Å². The topological polar surface area (TPSA) is 108 Å². The molecule has 2 unspecified atom stereocenters. The maximum Gasteiger partial charge on any atom is 0.361 e. The smallest absolute Gasteiger partial charge is 0.361 e. The molecule has 0 amide bonds. The molecule has 0 aromatic heterocycles. The van der Waals surface area contributed by atoms with Crippen LogP contribution in [0.25, 0.3) is 0 Å². The lowest BCUT2D eigenvalue weighted by Crippen LogP contribution is -2.40. The van der Waals surface area contributed by atoms with Crippen molar-refractivity contribution in [3.63, 3.8) is 0 Å². The van der Waals surface area contributed by atoms with Gasteiger partial charge < -0.3 is 28.5 Å². The molecule has 0 aliphatic carbocycles. The highest BCUT2D eigenvalue weighted by atomic mass is 16.7. The highest BCUT2D eigenvalue weighted by Gasteiger charge is 2.25. The van der Waals surface area contributed by atoms with E-state index >= 15 is 0 Å². The number of ether oxygens (including phenoxy) is 4. The van der Waals surface area contributed by atoms with Crippen LogP contribution in [0.2, 0.25) is 0 Å². The molecule has 0 rings (SSSR count). The fraction of sp³-hybridized carbons (Fsp3) is 0.828. The molecule has 0 aromatic carbocycles. The number of quaternary nitrogens is 1. The van der Waals surface area contributed by atoms with Gasteiger partial charge >= 0.3 is 17.9 Å². The number of likely N-dealkylation sites (N-methyl/N-ethyl adjacent to an activating group) is 1. The molecule has 9 nitrogen and oxygen atoms in total. The Morgan fingerprint density at radius 1 is 0.411 bits per heavy atom. The molecular formula is C64H118NO8+. The summed E-state index contributed by atoms with van der Waals surface area (Å²) in [5, 5.41) is 9.71. The maximum atomic E-state index is 12.9. The Labute approximate surface area is 451 Å². The molecule has 1 N–H and O–H groups in total. The van der Waals surface area contributed by atoms with Crippen molar-refractivity contribution in [2.75, 3.05) is 47.5 Å². The van der Waals surface area contributed by atoms with Crippen molar-refractivity contribution < 1.29 is 42.9 Å². The molecule has 0 aliphatic heterocycles. The third-order valence-corrected chi connectivity index (χ3v) is 13.6. The molecule has 0 bridgehead atoms. The van der Waals surface area contributed by atoms with Crippen LogP contribution in [0.4, 0.5) is 0 Å². The maximum absolute atomic E-state index is 12.9. The molecule has 0 heterocycles. The number of nitrogens with zero attached hydrogens (tertiary/aromatic N) is 1. The van der Waals surface area contributed by atoms with Gasteiger partial charge in [0.15, 0.2) is 6.10 Å². The van der Waals surface area contributed by atoms with Gasteiger partial charge in [-0.05, 0) is 77.0 Å². The lowest BCUT2D eigenvalue weighted by Gasteiger charge is -2.25. The van der Waals surface area contributed by atoms with E-state index in [0.717, 1.165) is 51.4 Å². The number of carbonyl (C=O) groups is 3. The van der Waals surface area contributed by atoms with Crippen molar-refractivity contribution in [2.45, 2.75) is 296 Å². The second-order valence-electron chi connectivity index (χ2n) is 22.0. The number of carboxylic acids is 1. The van der Waals surface area contributed by atoms with E-state index in [1.807, 2.05) is 21.1 Å². The monoisotopic (exact) mass is 1030 g/mol. The van der Waals surface area contributed by atoms with Crippen LogP contribution in [-0.2, 0) is 33.3 Å². The number of hydrogen-bond acceptors (Lipinski definition) is 7. The van der Waals surface area contributed by atoms with E-state index in [1.165, 1.54) is 205 Å². The zero-order valence-electron chi connectivity index (χ0n) is 48.6. The quantitative estimate of drug-likeness (QED) is 0.0211. The predicted molar refractivity (Wildman–Crippen MR) is 309 cm³/mol. The summed E-state index contributed by atoms with van der Waals surface area (Å²) in [4.78, 5) is 37.5. The van der Waals surface area contributed by atoms with Crippen molar-refractivity contribution in [2.24, 2.45) is 0 Å². The fourth-order valence-corrected chi connectivity index (χ4v) is 8.78. The van der Waals surface area contributed by atoms with Crippen molar-refractivity contribution in [3.05, 3.63) is 48.6 Å². The van der Waals surface area contributed by atoms with Crippen LogP contribution >= 0.6 is 0 Å². The highest BCUT2D eigenvalue weighted by molar-refractivity contribution is 5.71. The Morgan fingerprint density at radius 2 is 0.740 bits per heavy atom. The van der Waals surface area contributed by atoms with Crippen LogP contribution in [0, 0.1) is 0 Å². The number of unbranched alkanes of at least 4 members (excludes halogenated alkanes) is 34. The lowest BCUT2D eigenvalue weighted by molar-refractivity contribution is -0.870. The van der Waals surface area contributed by atoms with E-state index in [9.17, 15) is 19.5 Å². The summed E-state index contributed by atoms with van der Waals surface area (Å²) in [7, 11) is 5.97. The second kappa shape index (κ2) is 55.5. The van der Waals surface area contributed by atoms with Crippen LogP contribution in [0.15, 0.2) is 48.6 Å². The third-order valence-electron chi connectivity index (χ3n) is 13.6. The number of carbonyl (C=O) groups excluding carboxylic acids is 2. The van der Waals surface area contributed by atoms with Crippen molar-refractivity contribution in [1.29, 1.82) is 0 Å². The zero-order valence-corrected chi connectivity index (χ0v) is 48.6. The normalized spacial score (nSPS) is 13.1. The Morgan fingerprint density at radius 3 is 1.08 bits per heavy atom. The molecule has 0 aliphatic rings. The zero-order chi connectivity index (χ0) is 53.4. The van der Waals surface area contributed by atoms with Gasteiger partial charge in [0, 0.05) is 12.8 Å². The van der Waals surface area contributed by atoms with Crippen LogP contribution in [-0.4, -0.2) is 87.4 Å². The summed E-state index contributed by atoms with van der Waals surface area (Å²) in [6.45, 7) is 4.89. The van der Waals surface area contributed by atoms with Crippen LogP contribution < -0.4 is 0 Å². The summed E-state index contributed by atoms with van der Waals surface area (Å²) >= 11 is 0. The van der Waals surface area contributed by atoms with Gasteiger partial charge in [-0.2, -0.15) is 0 Å². The summed E-state index contributed by atoms with van der Waals surface area (Å²) in [5.41, 5.74) is 0. The van der Waals surface area contributed by atoms with Crippen LogP contribution in [0.1, 0.15) is 284 Å². The molecule has 2 atom stereocenters. The molecule has 426 valence electrons. The van der Waals surface area contributed by atoms with Gasteiger partial charge in [-0.25, -0.2) is 4.79 Å². The molecule has 0 saturated carbocycles. The van der Waals surface area contributed by atoms with E-state index in [4.69, 9.17) is 18.9 Å². The molecule has 0 fully saturated rings. The number of rotatable bonds is 57. The van der Waals surface area contributed by atoms with Crippen LogP contribution in [0.5, 0.6) is 0 Å². The summed E-state index contributed by atoms with van der Waals surface area (Å²) in [6.07, 6.45) is 66.2. The molecule has 0 spiro atoms. The van der Waals surface area contributed by atoms with Gasteiger partial charge in [0.25, 0.3) is 6.29 Å². The van der Waals surface area contributed by atoms with Gasteiger partial charge in [-0.3, -0.25) is 9.59 Å². The number of aliphatic carboxylic acids is 1. The standard InChI is InChI=1S/C64H117NO8/c1-6-8-10-12-14-16-18-20-22-24-26-28-29-30-31-32-33-35-37-39-41-43-45-47-49-51-53-55-62(67)73-60(59-72-64(63(68)69)70-57-56-65(3,4)5)58-71-61(66)54-52-50-48-46-44-42-40-38-36-34-27-25-23-21-19-17-15-13-11-9-7-2/h18-21,24-27,60,64H,6-17,22-23,28-59H2,1-5H3/p+1/b20-18-,21-19-,26-24-,27-25-. The third kappa shape index (κ3) is 56.8. The average Bonchev–Trinajstić information content (AvgIpc) is 3.36. The highest BCUT2D eigenvalue weighted by Crippen LogP contribution is 2.17. The molecule has 0 saturated heterocycles. The Kier molecular flexibility index (Phi) is 53.4. The van der Waals surface area contributed by atoms with E-state index in [2.05, 4.69) is 62.5 Å². The van der Waals surface area contributed by atoms with Gasteiger partial charge in [-0.15, -0.1) is 0 Å². The molecule has 73 heavy (non-hydrogen) atoms. The van der Waals surface area contributed by atoms with E-state index < -0.39 is 24.3 Å². The molecule has 9 heteroatoms. The van der Waals surface area contributed by atoms with E-state index in [0.29, 0.717) is 17.4 Å². The first-order chi connectivity index (χ1) is 35.6. The summed E-state index contributed by atoms with van der Waals surface area (Å²) in [5.74, 6) is -2.00. The largest absolute Gasteiger partial charge is 0.477 e. The predicted octanol–water partition coefficient (Wildman–Crippen LogP) is 18.2. The van der Waals surface area contributed by atoms with Gasteiger partial charge in [0.05, 0.1) is 34.4 Å². The molecule has 0 aromatic rings. The van der Waals surface area contributed by atoms with E-state index in [1.54, 1.807) is 0 Å². The number of carboxylic acid groups (broad SMARTS) is 1. The second-order valence-corrected chi connectivity index (χ2v) is 22.0. The summed E-state index contributed by atoms with van der Waals surface area (Å²) < 4.78 is 22.9. The number of hydrogen-bond donors (Lipinski definition) is 1. The van der Waals surface area contributed by atoms with Gasteiger partial charge in [0.1, 0.15) is 13.2 Å². The minimum atomic E-state index is -1.51. The van der Waals surface area contributed by atoms with Crippen molar-refractivity contribution in [1.82, 2.24) is 0 Å². The fourth-order valence-electron chi connectivity index (χ4n) is 8.78. The summed E-state index contributed by atoms with van der Waals surface area (Å²) in [6, 6.07) is 0. The van der Waals surface area contributed by atoms with Gasteiger partial charge in [0.2, 0.25) is 0 Å². The van der Waals surface area contributed by atoms with Crippen molar-refractivity contribution in [3.8, 4) is 0 Å². The SMILES string of the molecule is CCCCCCC/C=C\C/C=C\CCCCCCCCCCCCCCCCCC(=O)OC(COC(=O)CCCCCCCCCCC/C=C\C/C=C\CCCCCCC)COC(OCC[N+](C)(C)C)C(=O)O. The Bertz CT molecular complexity index is 1340. The Balaban J connectivity index is 4.19. The molecular weight excluding hydrogens is 911 g/mol. The first-order valence-corrected chi connectivity index (χ1v) is 30.8. The first kappa shape index (κ1) is 70.2. The number of esters is 2. The average molecular weight is 1030 g/mol. The minimum Gasteiger partial charge on any atom is -0.477 e. The minimum absolute atomic E-state index is 0.183. The van der Waals surface area contributed by atoms with Crippen molar-refractivity contribution >= 4 is 17.9 Å². The number of allylic oxidation sites excluding steroid dienone is 8. The van der Waals surface area contributed by atoms with E-state index in [-0.39, 0.29) is 32.2 Å². The molecule has 0 radical (unpaired) electrons.